The average molecular weight is 425 g/mol. The summed E-state index contributed by atoms with van der Waals surface area (Å²) in [5.74, 6) is -0.319. The van der Waals surface area contributed by atoms with Crippen molar-refractivity contribution in [2.45, 2.75) is 42.5 Å². The van der Waals surface area contributed by atoms with Crippen molar-refractivity contribution in [3.05, 3.63) is 24.3 Å². The van der Waals surface area contributed by atoms with E-state index in [4.69, 9.17) is 0 Å². The van der Waals surface area contributed by atoms with Crippen LogP contribution in [0.15, 0.2) is 34.1 Å². The van der Waals surface area contributed by atoms with Crippen molar-refractivity contribution < 1.29 is 25.3 Å². The molecule has 1 fully saturated rings. The highest BCUT2D eigenvalue weighted by Crippen LogP contribution is 2.26. The van der Waals surface area contributed by atoms with Gasteiger partial charge >= 0.3 is 0 Å². The molecule has 0 saturated carbocycles. The van der Waals surface area contributed by atoms with Gasteiger partial charge in [-0.05, 0) is 37.6 Å². The molecule has 2 rings (SSSR count). The summed E-state index contributed by atoms with van der Waals surface area (Å²) in [6.07, 6.45) is 0.197. The highest BCUT2D eigenvalue weighted by Gasteiger charge is 2.41. The van der Waals surface area contributed by atoms with E-state index in [1.807, 2.05) is 0 Å². The molecule has 0 amide bonds. The van der Waals surface area contributed by atoms with Crippen LogP contribution in [0, 0.1) is 0 Å². The lowest BCUT2D eigenvalue weighted by molar-refractivity contribution is 0.445. The Morgan fingerprint density at radius 1 is 1.04 bits per heavy atom. The molecule has 1 aromatic rings. The molecule has 0 bridgehead atoms. The van der Waals surface area contributed by atoms with Crippen LogP contribution in [-0.2, 0) is 29.9 Å². The first-order valence-corrected chi connectivity index (χ1v) is 12.9. The molecule has 0 unspecified atom stereocenters. The van der Waals surface area contributed by atoms with E-state index in [1.54, 1.807) is 20.8 Å². The number of nitrogens with one attached hydrogen (secondary N) is 1. The summed E-state index contributed by atoms with van der Waals surface area (Å²) in [4.78, 5) is -0.101. The minimum absolute atomic E-state index is 0.00908. The molecule has 1 atom stereocenters. The van der Waals surface area contributed by atoms with Crippen LogP contribution >= 0.6 is 0 Å². The minimum Gasteiger partial charge on any atom is -0.229 e. The summed E-state index contributed by atoms with van der Waals surface area (Å²) >= 11 is 0. The van der Waals surface area contributed by atoms with Crippen LogP contribution in [0.3, 0.4) is 0 Å². The number of sulfone groups is 1. The molecule has 1 aliphatic heterocycles. The molecule has 1 heterocycles. The van der Waals surface area contributed by atoms with Crippen LogP contribution in [0.4, 0.5) is 0 Å². The van der Waals surface area contributed by atoms with Gasteiger partial charge in [0.15, 0.2) is 9.84 Å². The predicted octanol–water partition coefficient (Wildman–Crippen LogP) is 0.573. The van der Waals surface area contributed by atoms with Crippen molar-refractivity contribution in [1.82, 2.24) is 9.03 Å². The molecular weight excluding hydrogens is 400 g/mol. The Morgan fingerprint density at radius 2 is 1.54 bits per heavy atom. The predicted molar refractivity (Wildman–Crippen MR) is 98.5 cm³/mol. The summed E-state index contributed by atoms with van der Waals surface area (Å²) in [6.45, 7) is 5.62. The molecule has 148 valence electrons. The molecule has 11 heteroatoms. The zero-order valence-corrected chi connectivity index (χ0v) is 17.4. The Hall–Kier alpha value is -1.01. The van der Waals surface area contributed by atoms with E-state index in [-0.39, 0.29) is 27.7 Å². The van der Waals surface area contributed by atoms with Crippen LogP contribution in [0.2, 0.25) is 0 Å². The van der Waals surface area contributed by atoms with Crippen molar-refractivity contribution in [2.24, 2.45) is 0 Å². The zero-order chi connectivity index (χ0) is 19.8. The van der Waals surface area contributed by atoms with Gasteiger partial charge in [-0.1, -0.05) is 13.8 Å². The third-order valence-corrected chi connectivity index (χ3v) is 9.98. The maximum absolute atomic E-state index is 12.5. The van der Waals surface area contributed by atoms with E-state index in [1.165, 1.54) is 28.6 Å². The van der Waals surface area contributed by atoms with Gasteiger partial charge in [0.1, 0.15) is 0 Å². The molecule has 1 aromatic carbocycles. The molecule has 26 heavy (non-hydrogen) atoms. The lowest BCUT2D eigenvalue weighted by atomic mass is 10.0. The van der Waals surface area contributed by atoms with Crippen molar-refractivity contribution in [3.63, 3.8) is 0 Å². The number of rotatable bonds is 7. The maximum Gasteiger partial charge on any atom is 0.243 e. The second kappa shape index (κ2) is 7.19. The molecule has 0 radical (unpaired) electrons. The molecular formula is C15H24N2O6S3. The van der Waals surface area contributed by atoms with Gasteiger partial charge in [0.05, 0.1) is 21.3 Å². The van der Waals surface area contributed by atoms with Crippen LogP contribution in [0.5, 0.6) is 0 Å². The second-order valence-electron chi connectivity index (χ2n) is 6.57. The first kappa shape index (κ1) is 21.3. The number of hydrogen-bond acceptors (Lipinski definition) is 6. The van der Waals surface area contributed by atoms with E-state index < -0.39 is 35.4 Å². The summed E-state index contributed by atoms with van der Waals surface area (Å²) in [7, 11) is -10.9. The molecule has 8 nitrogen and oxygen atoms in total. The van der Waals surface area contributed by atoms with E-state index in [9.17, 15) is 25.3 Å². The van der Waals surface area contributed by atoms with Gasteiger partial charge < -0.3 is 0 Å². The first-order valence-electron chi connectivity index (χ1n) is 8.20. The van der Waals surface area contributed by atoms with E-state index in [0.29, 0.717) is 13.1 Å². The summed E-state index contributed by atoms with van der Waals surface area (Å²) in [6, 6.07) is 4.92. The van der Waals surface area contributed by atoms with Gasteiger partial charge in [-0.25, -0.2) is 30.0 Å². The Morgan fingerprint density at radius 3 is 1.96 bits per heavy atom. The van der Waals surface area contributed by atoms with Crippen LogP contribution in [-0.4, -0.2) is 59.7 Å². The maximum atomic E-state index is 12.5. The minimum atomic E-state index is -3.97. The molecule has 1 N–H and O–H groups in total. The Labute approximate surface area is 155 Å². The Bertz CT molecular complexity index is 965. The van der Waals surface area contributed by atoms with Gasteiger partial charge in [0.2, 0.25) is 20.0 Å². The van der Waals surface area contributed by atoms with Crippen molar-refractivity contribution in [3.8, 4) is 0 Å². The fourth-order valence-electron chi connectivity index (χ4n) is 2.98. The first-order chi connectivity index (χ1) is 11.9. The third kappa shape index (κ3) is 4.45. The highest BCUT2D eigenvalue weighted by atomic mass is 32.2. The van der Waals surface area contributed by atoms with Gasteiger partial charge in [-0.2, -0.15) is 4.31 Å². The molecule has 0 aliphatic carbocycles. The Balaban J connectivity index is 2.27. The second-order valence-corrected chi connectivity index (χ2v) is 12.4. The van der Waals surface area contributed by atoms with Gasteiger partial charge in [-0.15, -0.1) is 0 Å². The fourth-order valence-corrected chi connectivity index (χ4v) is 8.06. The quantitative estimate of drug-likeness (QED) is 0.684. The smallest absolute Gasteiger partial charge is 0.229 e. The van der Waals surface area contributed by atoms with Gasteiger partial charge in [-0.3, -0.25) is 0 Å². The van der Waals surface area contributed by atoms with E-state index in [0.717, 1.165) is 0 Å². The number of nitrogens with zero attached hydrogens (tertiary/aromatic N) is 1. The van der Waals surface area contributed by atoms with Gasteiger partial charge in [0, 0.05) is 18.6 Å². The van der Waals surface area contributed by atoms with Gasteiger partial charge in [0.25, 0.3) is 0 Å². The molecule has 0 spiro atoms. The van der Waals surface area contributed by atoms with E-state index in [2.05, 4.69) is 4.72 Å². The number of benzene rings is 1. The Kier molecular flexibility index (Phi) is 5.89. The summed E-state index contributed by atoms with van der Waals surface area (Å²) in [5, 5.41) is 0. The van der Waals surface area contributed by atoms with Crippen LogP contribution in [0.1, 0.15) is 27.2 Å². The zero-order valence-electron chi connectivity index (χ0n) is 15.0. The highest BCUT2D eigenvalue weighted by molar-refractivity contribution is 7.92. The van der Waals surface area contributed by atoms with Crippen LogP contribution < -0.4 is 4.72 Å². The number of hydrogen-bond donors (Lipinski definition) is 1. The lowest BCUT2D eigenvalue weighted by Gasteiger charge is -2.23. The summed E-state index contributed by atoms with van der Waals surface area (Å²) in [5.41, 5.74) is -1.07. The third-order valence-electron chi connectivity index (χ3n) is 4.36. The largest absolute Gasteiger partial charge is 0.243 e. The normalized spacial score (nSPS) is 23.4. The van der Waals surface area contributed by atoms with E-state index >= 15 is 0 Å². The fraction of sp³-hybridized carbons (Fsp3) is 0.600. The lowest BCUT2D eigenvalue weighted by Crippen LogP contribution is -2.46. The molecule has 0 aromatic heterocycles. The van der Waals surface area contributed by atoms with Crippen molar-refractivity contribution in [2.75, 3.05) is 24.6 Å². The summed E-state index contributed by atoms with van der Waals surface area (Å²) < 4.78 is 77.0. The van der Waals surface area contributed by atoms with Crippen molar-refractivity contribution >= 4 is 29.9 Å². The molecule has 1 aliphatic rings. The monoisotopic (exact) mass is 424 g/mol. The molecule has 1 saturated heterocycles. The van der Waals surface area contributed by atoms with Crippen LogP contribution in [0.25, 0.3) is 0 Å². The standard InChI is InChI=1S/C15H24N2O6S3/c1-4-17(5-2)26(22,23)14-8-6-13(7-9-14)25(20,21)16-15(3)10-11-24(18,19)12-15/h6-9,16H,4-5,10-12H2,1-3H3/t15-/m1/s1. The SMILES string of the molecule is CCN(CC)S(=O)(=O)c1ccc(S(=O)(=O)N[C@]2(C)CCS(=O)(=O)C2)cc1. The number of sulfonamides is 2. The average Bonchev–Trinajstić information content (AvgIpc) is 2.80. The topological polar surface area (TPSA) is 118 Å². The van der Waals surface area contributed by atoms with Crippen molar-refractivity contribution in [1.29, 1.82) is 0 Å².